The number of aryl methyl sites for hydroxylation is 1. The normalized spacial score (nSPS) is 15.8. The summed E-state index contributed by atoms with van der Waals surface area (Å²) in [5.74, 6) is -0.311. The van der Waals surface area contributed by atoms with Gasteiger partial charge in [0.25, 0.3) is 0 Å². The van der Waals surface area contributed by atoms with E-state index in [9.17, 15) is 4.79 Å². The third-order valence-corrected chi connectivity index (χ3v) is 5.16. The number of carbonyl (C=O) groups is 1. The maximum Gasteiger partial charge on any atom is 0.341 e. The highest BCUT2D eigenvalue weighted by molar-refractivity contribution is 7.15. The second-order valence-electron chi connectivity index (χ2n) is 6.14. The lowest BCUT2D eigenvalue weighted by Crippen LogP contribution is -2.24. The number of nitrogens with zero attached hydrogens (tertiary/aromatic N) is 2. The lowest BCUT2D eigenvalue weighted by Gasteiger charge is -2.25. The molecule has 3 rings (SSSR count). The molecule has 1 atom stereocenters. The summed E-state index contributed by atoms with van der Waals surface area (Å²) in [5, 5.41) is 4.59. The number of carbonyl (C=O) groups excluding carboxylic acids is 1. The van der Waals surface area contributed by atoms with Crippen LogP contribution in [0.25, 0.3) is 11.0 Å². The number of nitrogens with one attached hydrogen (secondary N) is 1. The first-order chi connectivity index (χ1) is 11.1. The van der Waals surface area contributed by atoms with Crippen LogP contribution in [0.2, 0.25) is 0 Å². The summed E-state index contributed by atoms with van der Waals surface area (Å²) in [6.45, 7) is 4.22. The van der Waals surface area contributed by atoms with Crippen LogP contribution in [0, 0.1) is 6.92 Å². The molecule has 124 valence electrons. The van der Waals surface area contributed by atoms with Crippen molar-refractivity contribution < 1.29 is 9.53 Å². The number of hydrogen-bond donors (Lipinski definition) is 1. The monoisotopic (exact) mass is 333 g/mol. The van der Waals surface area contributed by atoms with Crippen LogP contribution in [0.5, 0.6) is 0 Å². The third kappa shape index (κ3) is 3.20. The number of esters is 1. The van der Waals surface area contributed by atoms with E-state index < -0.39 is 0 Å². The molecule has 0 saturated heterocycles. The molecule has 0 aromatic carbocycles. The number of rotatable bonds is 4. The Morgan fingerprint density at radius 3 is 2.87 bits per heavy atom. The Morgan fingerprint density at radius 1 is 1.43 bits per heavy atom. The molecule has 1 aliphatic carbocycles. The Bertz CT molecular complexity index is 720. The Balaban J connectivity index is 2.06. The van der Waals surface area contributed by atoms with Crippen molar-refractivity contribution in [2.75, 3.05) is 11.9 Å². The predicted octanol–water partition coefficient (Wildman–Crippen LogP) is 3.90. The van der Waals surface area contributed by atoms with Crippen molar-refractivity contribution in [3.8, 4) is 0 Å². The van der Waals surface area contributed by atoms with Crippen molar-refractivity contribution in [2.24, 2.45) is 0 Å². The largest absolute Gasteiger partial charge is 0.462 e. The smallest absolute Gasteiger partial charge is 0.341 e. The zero-order valence-electron chi connectivity index (χ0n) is 13.8. The fourth-order valence-corrected chi connectivity index (χ4v) is 3.54. The molecule has 0 bridgehead atoms. The molecule has 1 N–H and O–H groups in total. The molecule has 2 aromatic rings. The minimum atomic E-state index is -0.311. The van der Waals surface area contributed by atoms with Crippen LogP contribution in [0.1, 0.15) is 55.1 Å². The second kappa shape index (κ2) is 6.88. The lowest BCUT2D eigenvalue weighted by molar-refractivity contribution is 0.0527. The molecule has 2 aromatic heterocycles. The molecular weight excluding hydrogens is 309 g/mol. The minimum Gasteiger partial charge on any atom is -0.462 e. The molecule has 1 fully saturated rings. The van der Waals surface area contributed by atoms with Crippen LogP contribution >= 0.6 is 9.39 Å². The van der Waals surface area contributed by atoms with Gasteiger partial charge in [-0.15, -0.1) is 0 Å². The van der Waals surface area contributed by atoms with E-state index in [1.807, 2.05) is 18.2 Å². The molecule has 1 unspecified atom stereocenters. The highest BCUT2D eigenvalue weighted by Crippen LogP contribution is 2.32. The van der Waals surface area contributed by atoms with Crippen molar-refractivity contribution in [1.29, 1.82) is 0 Å². The summed E-state index contributed by atoms with van der Waals surface area (Å²) in [7, 11) is 2.67. The average molecular weight is 333 g/mol. The summed E-state index contributed by atoms with van der Waals surface area (Å²) in [4.78, 5) is 16.8. The summed E-state index contributed by atoms with van der Waals surface area (Å²) >= 11 is 0. The first kappa shape index (κ1) is 16.3. The maximum absolute atomic E-state index is 12.3. The minimum absolute atomic E-state index is 0.311. The molecule has 5 nitrogen and oxygen atoms in total. The fourth-order valence-electron chi connectivity index (χ4n) is 3.26. The Morgan fingerprint density at radius 2 is 2.17 bits per heavy atom. The van der Waals surface area contributed by atoms with E-state index in [2.05, 4.69) is 25.8 Å². The first-order valence-corrected chi connectivity index (χ1v) is 8.83. The SMILES string of the molecule is CCOC(=O)c1cnc2c(cc(C)n2P)c1NC1CCCCC1. The molecule has 0 aliphatic heterocycles. The van der Waals surface area contributed by atoms with Gasteiger partial charge in [-0.3, -0.25) is 0 Å². The Labute approximate surface area is 139 Å². The van der Waals surface area contributed by atoms with E-state index in [0.29, 0.717) is 18.2 Å². The molecule has 1 aliphatic rings. The van der Waals surface area contributed by atoms with Gasteiger partial charge >= 0.3 is 5.97 Å². The van der Waals surface area contributed by atoms with Gasteiger partial charge in [-0.2, -0.15) is 0 Å². The number of anilines is 1. The highest BCUT2D eigenvalue weighted by atomic mass is 31.0. The van der Waals surface area contributed by atoms with Crippen LogP contribution in [0.3, 0.4) is 0 Å². The molecule has 0 radical (unpaired) electrons. The number of pyridine rings is 1. The van der Waals surface area contributed by atoms with E-state index >= 15 is 0 Å². The van der Waals surface area contributed by atoms with E-state index in [1.165, 1.54) is 19.3 Å². The van der Waals surface area contributed by atoms with Crippen LogP contribution in [-0.4, -0.2) is 27.9 Å². The van der Waals surface area contributed by atoms with E-state index in [1.54, 1.807) is 6.20 Å². The van der Waals surface area contributed by atoms with Gasteiger partial charge in [0.2, 0.25) is 0 Å². The average Bonchev–Trinajstić information content (AvgIpc) is 2.84. The molecule has 0 spiro atoms. The van der Waals surface area contributed by atoms with E-state index in [4.69, 9.17) is 4.74 Å². The van der Waals surface area contributed by atoms with Crippen molar-refractivity contribution in [1.82, 2.24) is 9.32 Å². The second-order valence-corrected chi connectivity index (χ2v) is 6.66. The van der Waals surface area contributed by atoms with Crippen molar-refractivity contribution in [3.63, 3.8) is 0 Å². The number of hydrogen-bond acceptors (Lipinski definition) is 4. The quantitative estimate of drug-likeness (QED) is 0.681. The summed E-state index contributed by atoms with van der Waals surface area (Å²) in [5.41, 5.74) is 3.34. The van der Waals surface area contributed by atoms with Gasteiger partial charge in [-0.25, -0.2) is 9.78 Å². The Kier molecular flexibility index (Phi) is 4.86. The lowest BCUT2D eigenvalue weighted by atomic mass is 9.95. The Hall–Kier alpha value is -1.61. The molecule has 1 saturated carbocycles. The van der Waals surface area contributed by atoms with Gasteiger partial charge < -0.3 is 14.4 Å². The first-order valence-electron chi connectivity index (χ1n) is 8.31. The summed E-state index contributed by atoms with van der Waals surface area (Å²) < 4.78 is 7.18. The van der Waals surface area contributed by atoms with E-state index in [0.717, 1.165) is 35.3 Å². The van der Waals surface area contributed by atoms with E-state index in [-0.39, 0.29) is 5.97 Å². The molecule has 6 heteroatoms. The number of aromatic nitrogens is 2. The number of fused-ring (bicyclic) bond motifs is 1. The molecular formula is C17H24N3O2P. The van der Waals surface area contributed by atoms with Crippen LogP contribution in [-0.2, 0) is 4.74 Å². The molecule has 2 heterocycles. The van der Waals surface area contributed by atoms with Crippen LogP contribution < -0.4 is 5.32 Å². The van der Waals surface area contributed by atoms with Gasteiger partial charge in [0.15, 0.2) is 0 Å². The van der Waals surface area contributed by atoms with Gasteiger partial charge in [-0.1, -0.05) is 19.3 Å². The highest BCUT2D eigenvalue weighted by Gasteiger charge is 2.22. The van der Waals surface area contributed by atoms with Gasteiger partial charge in [0, 0.05) is 23.3 Å². The zero-order chi connectivity index (χ0) is 16.4. The van der Waals surface area contributed by atoms with Gasteiger partial charge in [0.05, 0.1) is 12.3 Å². The predicted molar refractivity (Wildman–Crippen MR) is 96.0 cm³/mol. The van der Waals surface area contributed by atoms with Crippen molar-refractivity contribution in [3.05, 3.63) is 23.5 Å². The third-order valence-electron chi connectivity index (χ3n) is 4.51. The van der Waals surface area contributed by atoms with Crippen molar-refractivity contribution >= 4 is 32.1 Å². The maximum atomic E-state index is 12.3. The van der Waals surface area contributed by atoms with Crippen molar-refractivity contribution in [2.45, 2.75) is 52.0 Å². The van der Waals surface area contributed by atoms with Gasteiger partial charge in [-0.05, 0) is 42.1 Å². The van der Waals surface area contributed by atoms with Gasteiger partial charge in [0.1, 0.15) is 11.2 Å². The summed E-state index contributed by atoms with van der Waals surface area (Å²) in [6, 6.07) is 2.49. The number of ether oxygens (including phenoxy) is 1. The van der Waals surface area contributed by atoms with Crippen LogP contribution in [0.15, 0.2) is 12.3 Å². The standard InChI is InChI=1S/C17H24N3O2P/c1-3-22-17(21)14-10-18-16-13(9-11(2)20(16)23)15(14)19-12-7-5-4-6-8-12/h9-10,12H,3-8,23H2,1-2H3,(H,18,19). The molecule has 0 amide bonds. The topological polar surface area (TPSA) is 56.1 Å². The molecule has 23 heavy (non-hydrogen) atoms. The van der Waals surface area contributed by atoms with Crippen LogP contribution in [0.4, 0.5) is 5.69 Å². The summed E-state index contributed by atoms with van der Waals surface area (Å²) in [6.07, 6.45) is 7.70. The zero-order valence-corrected chi connectivity index (χ0v) is 14.9. The fraction of sp³-hybridized carbons (Fsp3) is 0.529.